The number of rotatable bonds is 2. The third-order valence-electron chi connectivity index (χ3n) is 1.30. The van der Waals surface area contributed by atoms with E-state index in [0.717, 1.165) is 10.2 Å². The van der Waals surface area contributed by atoms with Gasteiger partial charge >= 0.3 is 0 Å². The molecule has 0 aromatic carbocycles. The van der Waals surface area contributed by atoms with Crippen molar-refractivity contribution in [3.05, 3.63) is 6.07 Å². The molecule has 0 aliphatic carbocycles. The van der Waals surface area contributed by atoms with Gasteiger partial charge in [0.2, 0.25) is 0 Å². The molecule has 0 aliphatic heterocycles. The number of hydrogen-bond acceptors (Lipinski definition) is 5. The molecule has 0 spiro atoms. The lowest BCUT2D eigenvalue weighted by Gasteiger charge is -2.16. The fourth-order valence-electron chi connectivity index (χ4n) is 0.878. The molecule has 1 heterocycles. The Hall–Kier alpha value is -0.420. The second-order valence-electron chi connectivity index (χ2n) is 3.83. The first kappa shape index (κ1) is 11.7. The van der Waals surface area contributed by atoms with E-state index >= 15 is 0 Å². The molecule has 5 heteroatoms. The summed E-state index contributed by atoms with van der Waals surface area (Å²) in [5, 5.41) is 1.67. The van der Waals surface area contributed by atoms with Crippen LogP contribution < -0.4 is 5.73 Å². The molecular formula is C9H15N3S2. The van der Waals surface area contributed by atoms with Crippen LogP contribution in [0.4, 0.5) is 5.82 Å². The van der Waals surface area contributed by atoms with Crippen LogP contribution in [0.1, 0.15) is 20.8 Å². The second kappa shape index (κ2) is 4.40. The Morgan fingerprint density at radius 1 is 1.29 bits per heavy atom. The van der Waals surface area contributed by atoms with Gasteiger partial charge in [0.25, 0.3) is 0 Å². The monoisotopic (exact) mass is 229 g/mol. The summed E-state index contributed by atoms with van der Waals surface area (Å²) in [6, 6.07) is 1.82. The number of nitrogens with zero attached hydrogens (tertiary/aromatic N) is 2. The lowest BCUT2D eigenvalue weighted by atomic mass is 10.3. The van der Waals surface area contributed by atoms with Gasteiger partial charge in [0.05, 0.1) is 0 Å². The Labute approximate surface area is 93.3 Å². The summed E-state index contributed by atoms with van der Waals surface area (Å²) in [5.74, 6) is 0.538. The van der Waals surface area contributed by atoms with Gasteiger partial charge in [-0.1, -0.05) is 32.5 Å². The maximum absolute atomic E-state index is 5.68. The maximum Gasteiger partial charge on any atom is 0.190 e. The fourth-order valence-corrected chi connectivity index (χ4v) is 2.26. The Morgan fingerprint density at radius 3 is 2.43 bits per heavy atom. The lowest BCUT2D eigenvalue weighted by Crippen LogP contribution is -2.08. The normalized spacial score (nSPS) is 11.7. The highest BCUT2D eigenvalue weighted by Gasteiger charge is 2.14. The molecule has 3 nitrogen and oxygen atoms in total. The number of hydrogen-bond donors (Lipinski definition) is 1. The Bertz CT molecular complexity index is 320. The molecule has 0 bridgehead atoms. The Balaban J connectivity index is 2.92. The third-order valence-corrected chi connectivity index (χ3v) is 2.87. The molecule has 0 atom stereocenters. The molecule has 2 N–H and O–H groups in total. The summed E-state index contributed by atoms with van der Waals surface area (Å²) in [4.78, 5) is 8.47. The van der Waals surface area contributed by atoms with Crippen LogP contribution >= 0.6 is 23.5 Å². The highest BCUT2D eigenvalue weighted by molar-refractivity contribution is 8.00. The van der Waals surface area contributed by atoms with Crippen molar-refractivity contribution in [2.24, 2.45) is 0 Å². The van der Waals surface area contributed by atoms with Crippen LogP contribution in [0.2, 0.25) is 0 Å². The summed E-state index contributed by atoms with van der Waals surface area (Å²) in [5.41, 5.74) is 5.68. The number of thioether (sulfide) groups is 2. The predicted octanol–water partition coefficient (Wildman–Crippen LogP) is 2.67. The molecule has 1 aromatic heterocycles. The van der Waals surface area contributed by atoms with E-state index in [1.807, 2.05) is 12.3 Å². The van der Waals surface area contributed by atoms with Gasteiger partial charge < -0.3 is 5.73 Å². The highest BCUT2D eigenvalue weighted by Crippen LogP contribution is 2.31. The first-order valence-electron chi connectivity index (χ1n) is 4.28. The maximum atomic E-state index is 5.68. The van der Waals surface area contributed by atoms with Crippen LogP contribution in [-0.2, 0) is 0 Å². The summed E-state index contributed by atoms with van der Waals surface area (Å²) in [6.45, 7) is 6.44. The van der Waals surface area contributed by atoms with Gasteiger partial charge in [-0.05, 0) is 6.26 Å². The zero-order chi connectivity index (χ0) is 10.8. The molecule has 0 unspecified atom stereocenters. The van der Waals surface area contributed by atoms with Crippen LogP contribution in [0.15, 0.2) is 16.2 Å². The highest BCUT2D eigenvalue weighted by atomic mass is 32.2. The molecule has 0 fully saturated rings. The van der Waals surface area contributed by atoms with Crippen molar-refractivity contribution >= 4 is 29.3 Å². The average Bonchev–Trinajstić information content (AvgIpc) is 1.99. The molecule has 1 aromatic rings. The van der Waals surface area contributed by atoms with Crippen molar-refractivity contribution in [1.82, 2.24) is 9.97 Å². The molecular weight excluding hydrogens is 214 g/mol. The SMILES string of the molecule is CSc1nc(N)cc(SC(C)(C)C)n1. The van der Waals surface area contributed by atoms with Crippen molar-refractivity contribution < 1.29 is 0 Å². The molecule has 1 rings (SSSR count). The molecule has 0 saturated heterocycles. The Morgan fingerprint density at radius 2 is 1.93 bits per heavy atom. The Kier molecular flexibility index (Phi) is 3.66. The zero-order valence-electron chi connectivity index (χ0n) is 8.87. The van der Waals surface area contributed by atoms with E-state index in [4.69, 9.17) is 5.73 Å². The van der Waals surface area contributed by atoms with E-state index in [2.05, 4.69) is 30.7 Å². The third kappa shape index (κ3) is 3.75. The molecule has 78 valence electrons. The van der Waals surface area contributed by atoms with Gasteiger partial charge in [-0.25, -0.2) is 9.97 Å². The topological polar surface area (TPSA) is 51.8 Å². The number of nitrogen functional groups attached to an aromatic ring is 1. The van der Waals surface area contributed by atoms with E-state index in [1.165, 1.54) is 11.8 Å². The summed E-state index contributed by atoms with van der Waals surface area (Å²) < 4.78 is 0.149. The van der Waals surface area contributed by atoms with Crippen LogP contribution in [0, 0.1) is 0 Å². The minimum atomic E-state index is 0.149. The van der Waals surface area contributed by atoms with E-state index < -0.39 is 0 Å². The number of anilines is 1. The van der Waals surface area contributed by atoms with Crippen molar-refractivity contribution in [3.63, 3.8) is 0 Å². The van der Waals surface area contributed by atoms with E-state index in [-0.39, 0.29) is 4.75 Å². The van der Waals surface area contributed by atoms with E-state index in [9.17, 15) is 0 Å². The number of aromatic nitrogens is 2. The first-order chi connectivity index (χ1) is 6.40. The molecule has 14 heavy (non-hydrogen) atoms. The van der Waals surface area contributed by atoms with Gasteiger partial charge in [0.1, 0.15) is 10.8 Å². The summed E-state index contributed by atoms with van der Waals surface area (Å²) >= 11 is 3.21. The van der Waals surface area contributed by atoms with E-state index in [1.54, 1.807) is 11.8 Å². The van der Waals surface area contributed by atoms with Crippen molar-refractivity contribution in [1.29, 1.82) is 0 Å². The number of nitrogens with two attached hydrogens (primary N) is 1. The van der Waals surface area contributed by atoms with Crippen LogP contribution in [0.5, 0.6) is 0 Å². The summed E-state index contributed by atoms with van der Waals surface area (Å²) in [7, 11) is 0. The molecule has 0 aliphatic rings. The van der Waals surface area contributed by atoms with Gasteiger partial charge in [0, 0.05) is 10.8 Å². The molecule has 0 saturated carbocycles. The average molecular weight is 229 g/mol. The largest absolute Gasteiger partial charge is 0.384 e. The van der Waals surface area contributed by atoms with Gasteiger partial charge in [-0.2, -0.15) is 0 Å². The predicted molar refractivity (Wildman–Crippen MR) is 63.8 cm³/mol. The van der Waals surface area contributed by atoms with Crippen molar-refractivity contribution in [2.45, 2.75) is 35.7 Å². The fraction of sp³-hybridized carbons (Fsp3) is 0.556. The van der Waals surface area contributed by atoms with Crippen molar-refractivity contribution in [2.75, 3.05) is 12.0 Å². The second-order valence-corrected chi connectivity index (χ2v) is 6.45. The smallest absolute Gasteiger partial charge is 0.190 e. The molecule has 0 radical (unpaired) electrons. The van der Waals surface area contributed by atoms with Gasteiger partial charge in [-0.15, -0.1) is 11.8 Å². The van der Waals surface area contributed by atoms with Crippen LogP contribution in [-0.4, -0.2) is 21.0 Å². The minimum Gasteiger partial charge on any atom is -0.384 e. The van der Waals surface area contributed by atoms with Crippen molar-refractivity contribution in [3.8, 4) is 0 Å². The molecule has 0 amide bonds. The van der Waals surface area contributed by atoms with Gasteiger partial charge in [-0.3, -0.25) is 0 Å². The van der Waals surface area contributed by atoms with E-state index in [0.29, 0.717) is 5.82 Å². The van der Waals surface area contributed by atoms with Crippen LogP contribution in [0.25, 0.3) is 0 Å². The zero-order valence-corrected chi connectivity index (χ0v) is 10.5. The first-order valence-corrected chi connectivity index (χ1v) is 6.32. The van der Waals surface area contributed by atoms with Gasteiger partial charge in [0.15, 0.2) is 5.16 Å². The lowest BCUT2D eigenvalue weighted by molar-refractivity contribution is 0.793. The van der Waals surface area contributed by atoms with Crippen LogP contribution in [0.3, 0.4) is 0 Å². The quantitative estimate of drug-likeness (QED) is 0.480. The standard InChI is InChI=1S/C9H15N3S2/c1-9(2,3)14-7-5-6(10)11-8(12-7)13-4/h5H,1-4H3,(H2,10,11,12). The minimum absolute atomic E-state index is 0.149. The summed E-state index contributed by atoms with van der Waals surface area (Å²) in [6.07, 6.45) is 1.94.